The minimum absolute atomic E-state index is 0.0187. The molecule has 0 aliphatic heterocycles. The number of carbonyl (C=O) groups is 1. The highest BCUT2D eigenvalue weighted by Gasteiger charge is 2.08. The van der Waals surface area contributed by atoms with Gasteiger partial charge in [0.15, 0.2) is 0 Å². The van der Waals surface area contributed by atoms with Crippen LogP contribution < -0.4 is 0 Å². The van der Waals surface area contributed by atoms with Gasteiger partial charge in [0.25, 0.3) is 0 Å². The molecule has 0 spiro atoms. The fourth-order valence-corrected chi connectivity index (χ4v) is 1.45. The molecule has 1 aromatic carbocycles. The monoisotopic (exact) mass is 260 g/mol. The van der Waals surface area contributed by atoms with Gasteiger partial charge in [0, 0.05) is 5.57 Å². The van der Waals surface area contributed by atoms with E-state index < -0.39 is 12.1 Å². The van der Waals surface area contributed by atoms with Gasteiger partial charge in [-0.3, -0.25) is 0 Å². The third-order valence-electron chi connectivity index (χ3n) is 2.53. The first kappa shape index (κ1) is 15.2. The molecule has 0 saturated carbocycles. The molecule has 1 atom stereocenters. The highest BCUT2D eigenvalue weighted by atomic mass is 16.5. The van der Waals surface area contributed by atoms with Crippen molar-refractivity contribution in [2.24, 2.45) is 0 Å². The number of hydrogen-bond donors (Lipinski definition) is 1. The Balaban J connectivity index is 2.20. The van der Waals surface area contributed by atoms with E-state index in [-0.39, 0.29) is 6.61 Å². The maximum atomic E-state index is 11.1. The molecule has 0 aromatic heterocycles. The molecule has 0 radical (unpaired) electrons. The lowest BCUT2D eigenvalue weighted by atomic mass is 10.1. The van der Waals surface area contributed by atoms with Gasteiger partial charge in [0.05, 0.1) is 6.10 Å². The number of allylic oxidation sites excluding steroid dienone is 1. The van der Waals surface area contributed by atoms with Crippen LogP contribution in [0.15, 0.2) is 48.6 Å². The average molecular weight is 260 g/mol. The number of aliphatic hydroxyl groups is 1. The summed E-state index contributed by atoms with van der Waals surface area (Å²) in [6.45, 7) is 5.07. The molecule has 1 aromatic rings. The molecule has 0 heterocycles. The number of aliphatic hydroxyl groups excluding tert-OH is 1. The zero-order valence-electron chi connectivity index (χ0n) is 11.2. The summed E-state index contributed by atoms with van der Waals surface area (Å²) in [6.07, 6.45) is 4.67. The Morgan fingerprint density at radius 1 is 1.42 bits per heavy atom. The van der Waals surface area contributed by atoms with Crippen molar-refractivity contribution in [3.63, 3.8) is 0 Å². The molecule has 0 aliphatic carbocycles. The minimum Gasteiger partial charge on any atom is -0.460 e. The van der Waals surface area contributed by atoms with E-state index in [0.717, 1.165) is 12.0 Å². The van der Waals surface area contributed by atoms with Gasteiger partial charge in [-0.2, -0.15) is 0 Å². The Hall–Kier alpha value is -1.87. The molecular weight excluding hydrogens is 240 g/mol. The van der Waals surface area contributed by atoms with Gasteiger partial charge >= 0.3 is 5.97 Å². The minimum atomic E-state index is -0.635. The summed E-state index contributed by atoms with van der Waals surface area (Å²) in [5.41, 5.74) is 1.47. The maximum Gasteiger partial charge on any atom is 0.333 e. The van der Waals surface area contributed by atoms with E-state index in [9.17, 15) is 9.90 Å². The first-order valence-corrected chi connectivity index (χ1v) is 6.32. The van der Waals surface area contributed by atoms with Crippen molar-refractivity contribution >= 4 is 12.0 Å². The molecule has 1 rings (SSSR count). The van der Waals surface area contributed by atoms with Crippen molar-refractivity contribution in [1.82, 2.24) is 0 Å². The van der Waals surface area contributed by atoms with Gasteiger partial charge in [-0.15, -0.1) is 0 Å². The largest absolute Gasteiger partial charge is 0.460 e. The van der Waals surface area contributed by atoms with E-state index in [1.165, 1.54) is 0 Å². The normalized spacial score (nSPS) is 12.3. The van der Waals surface area contributed by atoms with Crippen molar-refractivity contribution < 1.29 is 14.6 Å². The van der Waals surface area contributed by atoms with Crippen LogP contribution in [0.4, 0.5) is 0 Å². The first-order chi connectivity index (χ1) is 9.09. The van der Waals surface area contributed by atoms with E-state index in [4.69, 9.17) is 4.74 Å². The summed E-state index contributed by atoms with van der Waals surface area (Å²) >= 11 is 0. The molecular formula is C16H20O3. The summed E-state index contributed by atoms with van der Waals surface area (Å²) in [6, 6.07) is 9.96. The number of rotatable bonds is 7. The van der Waals surface area contributed by atoms with Crippen LogP contribution in [0.5, 0.6) is 0 Å². The van der Waals surface area contributed by atoms with Crippen molar-refractivity contribution in [3.8, 4) is 0 Å². The fraction of sp³-hybridized carbons (Fsp3) is 0.312. The van der Waals surface area contributed by atoms with Crippen LogP contribution in [0, 0.1) is 0 Å². The molecule has 1 N–H and O–H groups in total. The summed E-state index contributed by atoms with van der Waals surface area (Å²) in [5, 5.41) is 9.64. The molecule has 0 saturated heterocycles. The molecule has 0 aliphatic rings. The van der Waals surface area contributed by atoms with Crippen molar-refractivity contribution in [2.75, 3.05) is 6.61 Å². The highest BCUT2D eigenvalue weighted by Crippen LogP contribution is 2.05. The lowest BCUT2D eigenvalue weighted by Gasteiger charge is -2.09. The first-order valence-electron chi connectivity index (χ1n) is 6.32. The standard InChI is InChI=1S/C16H20O3/c1-13(2)16(18)19-12-15(17)11-7-6-10-14-8-4-3-5-9-14/h3-6,8-10,15,17H,1,7,11-12H2,2H3/b10-6+. The summed E-state index contributed by atoms with van der Waals surface area (Å²) in [7, 11) is 0. The second-order valence-corrected chi connectivity index (χ2v) is 4.42. The van der Waals surface area contributed by atoms with Crippen LogP contribution in [0.25, 0.3) is 6.08 Å². The number of carbonyl (C=O) groups excluding carboxylic acids is 1. The maximum absolute atomic E-state index is 11.1. The molecule has 1 unspecified atom stereocenters. The van der Waals surface area contributed by atoms with Crippen LogP contribution in [-0.2, 0) is 9.53 Å². The predicted molar refractivity (Wildman–Crippen MR) is 76.5 cm³/mol. The molecule has 0 bridgehead atoms. The van der Waals surface area contributed by atoms with E-state index in [1.54, 1.807) is 6.92 Å². The van der Waals surface area contributed by atoms with Gasteiger partial charge < -0.3 is 9.84 Å². The SMILES string of the molecule is C=C(C)C(=O)OCC(O)CC/C=C/c1ccccc1. The van der Waals surface area contributed by atoms with Crippen molar-refractivity contribution in [3.05, 3.63) is 54.1 Å². The zero-order chi connectivity index (χ0) is 14.1. The molecule has 0 amide bonds. The van der Waals surface area contributed by atoms with Crippen LogP contribution in [0.3, 0.4) is 0 Å². The topological polar surface area (TPSA) is 46.5 Å². The van der Waals surface area contributed by atoms with E-state index in [1.807, 2.05) is 42.5 Å². The van der Waals surface area contributed by atoms with Crippen LogP contribution in [0.2, 0.25) is 0 Å². The average Bonchev–Trinajstić information content (AvgIpc) is 2.42. The quantitative estimate of drug-likeness (QED) is 0.605. The lowest BCUT2D eigenvalue weighted by Crippen LogP contribution is -2.18. The Kier molecular flexibility index (Phi) is 6.61. The van der Waals surface area contributed by atoms with E-state index in [2.05, 4.69) is 6.58 Å². The molecule has 3 heteroatoms. The number of benzene rings is 1. The smallest absolute Gasteiger partial charge is 0.333 e. The predicted octanol–water partition coefficient (Wildman–Crippen LogP) is 2.96. The second-order valence-electron chi connectivity index (χ2n) is 4.42. The number of esters is 1. The molecule has 0 fully saturated rings. The van der Waals surface area contributed by atoms with Gasteiger partial charge in [-0.25, -0.2) is 4.79 Å². The number of hydrogen-bond acceptors (Lipinski definition) is 3. The van der Waals surface area contributed by atoms with Crippen LogP contribution >= 0.6 is 0 Å². The molecule has 3 nitrogen and oxygen atoms in total. The number of ether oxygens (including phenoxy) is 1. The van der Waals surface area contributed by atoms with Gasteiger partial charge in [-0.1, -0.05) is 49.1 Å². The van der Waals surface area contributed by atoms with Gasteiger partial charge in [-0.05, 0) is 25.3 Å². The second kappa shape index (κ2) is 8.27. The van der Waals surface area contributed by atoms with E-state index in [0.29, 0.717) is 12.0 Å². The van der Waals surface area contributed by atoms with Gasteiger partial charge in [0.2, 0.25) is 0 Å². The highest BCUT2D eigenvalue weighted by molar-refractivity contribution is 5.86. The van der Waals surface area contributed by atoms with Crippen molar-refractivity contribution in [2.45, 2.75) is 25.9 Å². The van der Waals surface area contributed by atoms with Crippen LogP contribution in [0.1, 0.15) is 25.3 Å². The lowest BCUT2D eigenvalue weighted by molar-refractivity contribution is -0.141. The van der Waals surface area contributed by atoms with Gasteiger partial charge in [0.1, 0.15) is 6.61 Å². The Morgan fingerprint density at radius 3 is 2.74 bits per heavy atom. The fourth-order valence-electron chi connectivity index (χ4n) is 1.45. The molecule has 19 heavy (non-hydrogen) atoms. The summed E-state index contributed by atoms with van der Waals surface area (Å²) < 4.78 is 4.87. The summed E-state index contributed by atoms with van der Waals surface area (Å²) in [4.78, 5) is 11.1. The summed E-state index contributed by atoms with van der Waals surface area (Å²) in [5.74, 6) is -0.459. The van der Waals surface area contributed by atoms with Crippen molar-refractivity contribution in [1.29, 1.82) is 0 Å². The third kappa shape index (κ3) is 6.58. The third-order valence-corrected chi connectivity index (χ3v) is 2.53. The Labute approximate surface area is 114 Å². The Morgan fingerprint density at radius 2 is 2.11 bits per heavy atom. The Bertz CT molecular complexity index is 435. The van der Waals surface area contributed by atoms with Crippen LogP contribution in [-0.4, -0.2) is 23.8 Å². The van der Waals surface area contributed by atoms with E-state index >= 15 is 0 Å². The zero-order valence-corrected chi connectivity index (χ0v) is 11.2. The molecule has 102 valence electrons.